The van der Waals surface area contributed by atoms with Crippen LogP contribution in [0.4, 0.5) is 4.39 Å². The predicted octanol–water partition coefficient (Wildman–Crippen LogP) is 3.08. The quantitative estimate of drug-likeness (QED) is 0.830. The molecule has 2 rings (SSSR count). The second-order valence-corrected chi connectivity index (χ2v) is 3.92. The van der Waals surface area contributed by atoms with Crippen LogP contribution in [0.1, 0.15) is 13.3 Å². The van der Waals surface area contributed by atoms with E-state index in [9.17, 15) is 4.39 Å². The average molecular weight is 262 g/mol. The number of ether oxygens (including phenoxy) is 2. The fourth-order valence-electron chi connectivity index (χ4n) is 1.61. The minimum absolute atomic E-state index is 0.208. The molecular formula is C14H15FN2O2. The van der Waals surface area contributed by atoms with Gasteiger partial charge in [-0.1, -0.05) is 6.92 Å². The Hall–Kier alpha value is -2.17. The lowest BCUT2D eigenvalue weighted by Crippen LogP contribution is -2.02. The molecule has 0 saturated carbocycles. The molecule has 0 atom stereocenters. The monoisotopic (exact) mass is 262 g/mol. The Kier molecular flexibility index (Phi) is 4.28. The molecular weight excluding hydrogens is 247 g/mol. The number of halogens is 1. The first-order chi connectivity index (χ1) is 9.26. The van der Waals surface area contributed by atoms with E-state index in [1.807, 2.05) is 6.92 Å². The van der Waals surface area contributed by atoms with Crippen LogP contribution in [0.2, 0.25) is 0 Å². The number of nitrogens with zero attached hydrogens (tertiary/aromatic N) is 2. The molecule has 2 aromatic heterocycles. The van der Waals surface area contributed by atoms with Crippen molar-refractivity contribution in [3.63, 3.8) is 0 Å². The Morgan fingerprint density at radius 1 is 1.37 bits per heavy atom. The summed E-state index contributed by atoms with van der Waals surface area (Å²) in [5.74, 6) is 0.122. The summed E-state index contributed by atoms with van der Waals surface area (Å²) in [6.45, 7) is 2.49. The topological polar surface area (TPSA) is 44.2 Å². The Labute approximate surface area is 111 Å². The van der Waals surface area contributed by atoms with Gasteiger partial charge in [-0.15, -0.1) is 0 Å². The Bertz CT molecular complexity index is 547. The highest BCUT2D eigenvalue weighted by Crippen LogP contribution is 2.31. The van der Waals surface area contributed by atoms with Crippen molar-refractivity contribution in [2.45, 2.75) is 13.3 Å². The molecule has 0 amide bonds. The van der Waals surface area contributed by atoms with E-state index in [1.54, 1.807) is 24.5 Å². The highest BCUT2D eigenvalue weighted by Gasteiger charge is 2.15. The smallest absolute Gasteiger partial charge is 0.257 e. The van der Waals surface area contributed by atoms with Gasteiger partial charge in [0, 0.05) is 24.0 Å². The standard InChI is InChI=1S/C14H15FN2O2/c1-3-7-19-14-12(18-2)8-11(15)13(17-14)10-5-4-6-16-9-10/h4-6,8-9H,3,7H2,1-2H3. The maximum Gasteiger partial charge on any atom is 0.257 e. The number of pyridine rings is 2. The van der Waals surface area contributed by atoms with Gasteiger partial charge in [0.2, 0.25) is 0 Å². The lowest BCUT2D eigenvalue weighted by Gasteiger charge is -2.11. The first kappa shape index (κ1) is 13.3. The number of methoxy groups -OCH3 is 1. The van der Waals surface area contributed by atoms with Crippen molar-refractivity contribution in [3.8, 4) is 22.9 Å². The lowest BCUT2D eigenvalue weighted by atomic mass is 10.2. The van der Waals surface area contributed by atoms with Gasteiger partial charge >= 0.3 is 0 Å². The summed E-state index contributed by atoms with van der Waals surface area (Å²) in [5, 5.41) is 0. The molecule has 0 spiro atoms. The van der Waals surface area contributed by atoms with Gasteiger partial charge in [0.05, 0.1) is 13.7 Å². The molecule has 0 fully saturated rings. The lowest BCUT2D eigenvalue weighted by molar-refractivity contribution is 0.281. The summed E-state index contributed by atoms with van der Waals surface area (Å²) in [4.78, 5) is 8.15. The zero-order chi connectivity index (χ0) is 13.7. The van der Waals surface area contributed by atoms with Gasteiger partial charge in [0.25, 0.3) is 5.88 Å². The van der Waals surface area contributed by atoms with E-state index in [0.717, 1.165) is 6.42 Å². The fourth-order valence-corrected chi connectivity index (χ4v) is 1.61. The molecule has 2 heterocycles. The van der Waals surface area contributed by atoms with Crippen LogP contribution in [0.3, 0.4) is 0 Å². The van der Waals surface area contributed by atoms with Crippen LogP contribution in [-0.2, 0) is 0 Å². The first-order valence-corrected chi connectivity index (χ1v) is 6.04. The molecule has 100 valence electrons. The third-order valence-electron chi connectivity index (χ3n) is 2.51. The number of rotatable bonds is 5. The summed E-state index contributed by atoms with van der Waals surface area (Å²) in [5.41, 5.74) is 0.809. The van der Waals surface area contributed by atoms with E-state index in [-0.39, 0.29) is 5.69 Å². The van der Waals surface area contributed by atoms with Crippen molar-refractivity contribution in [3.05, 3.63) is 36.4 Å². The Morgan fingerprint density at radius 2 is 2.21 bits per heavy atom. The second kappa shape index (κ2) is 6.13. The molecule has 0 aliphatic rings. The highest BCUT2D eigenvalue weighted by atomic mass is 19.1. The van der Waals surface area contributed by atoms with Gasteiger partial charge in [-0.2, -0.15) is 0 Å². The van der Waals surface area contributed by atoms with Crippen LogP contribution >= 0.6 is 0 Å². The molecule has 0 aliphatic heterocycles. The molecule has 0 aromatic carbocycles. The van der Waals surface area contributed by atoms with E-state index in [2.05, 4.69) is 9.97 Å². The van der Waals surface area contributed by atoms with Crippen molar-refractivity contribution in [2.75, 3.05) is 13.7 Å². The van der Waals surface area contributed by atoms with Gasteiger partial charge in [-0.05, 0) is 18.6 Å². The largest absolute Gasteiger partial charge is 0.491 e. The van der Waals surface area contributed by atoms with Gasteiger partial charge in [-0.25, -0.2) is 9.37 Å². The SMILES string of the molecule is CCCOc1nc(-c2cccnc2)c(F)cc1OC. The summed E-state index contributed by atoms with van der Waals surface area (Å²) >= 11 is 0. The van der Waals surface area contributed by atoms with E-state index < -0.39 is 5.82 Å². The van der Waals surface area contributed by atoms with E-state index in [0.29, 0.717) is 23.8 Å². The van der Waals surface area contributed by atoms with E-state index in [1.165, 1.54) is 13.2 Å². The van der Waals surface area contributed by atoms with Crippen LogP contribution in [0.5, 0.6) is 11.6 Å². The second-order valence-electron chi connectivity index (χ2n) is 3.92. The Balaban J connectivity index is 2.44. The summed E-state index contributed by atoms with van der Waals surface area (Å²) in [7, 11) is 1.46. The van der Waals surface area contributed by atoms with Crippen molar-refractivity contribution in [2.24, 2.45) is 0 Å². The molecule has 0 bridgehead atoms. The minimum Gasteiger partial charge on any atom is -0.491 e. The number of hydrogen-bond acceptors (Lipinski definition) is 4. The summed E-state index contributed by atoms with van der Waals surface area (Å²) in [6, 6.07) is 4.75. The molecule has 19 heavy (non-hydrogen) atoms. The number of hydrogen-bond donors (Lipinski definition) is 0. The maximum atomic E-state index is 14.0. The number of aromatic nitrogens is 2. The van der Waals surface area contributed by atoms with Crippen molar-refractivity contribution in [1.29, 1.82) is 0 Å². The maximum absolute atomic E-state index is 14.0. The first-order valence-electron chi connectivity index (χ1n) is 6.04. The van der Waals surface area contributed by atoms with Crippen molar-refractivity contribution < 1.29 is 13.9 Å². The van der Waals surface area contributed by atoms with Crippen molar-refractivity contribution >= 4 is 0 Å². The van der Waals surface area contributed by atoms with Gasteiger partial charge in [0.15, 0.2) is 11.6 Å². The van der Waals surface area contributed by atoms with Gasteiger partial charge in [-0.3, -0.25) is 4.98 Å². The fraction of sp³-hybridized carbons (Fsp3) is 0.286. The molecule has 0 N–H and O–H groups in total. The van der Waals surface area contributed by atoms with Crippen molar-refractivity contribution in [1.82, 2.24) is 9.97 Å². The van der Waals surface area contributed by atoms with Crippen LogP contribution < -0.4 is 9.47 Å². The minimum atomic E-state index is -0.464. The zero-order valence-corrected chi connectivity index (χ0v) is 10.9. The molecule has 0 saturated heterocycles. The molecule has 0 radical (unpaired) electrons. The van der Waals surface area contributed by atoms with Crippen LogP contribution in [0, 0.1) is 5.82 Å². The third kappa shape index (κ3) is 2.99. The van der Waals surface area contributed by atoms with Gasteiger partial charge in [0.1, 0.15) is 5.69 Å². The average Bonchev–Trinajstić information content (AvgIpc) is 2.46. The third-order valence-corrected chi connectivity index (χ3v) is 2.51. The molecule has 5 heteroatoms. The van der Waals surface area contributed by atoms with Crippen LogP contribution in [-0.4, -0.2) is 23.7 Å². The van der Waals surface area contributed by atoms with Crippen LogP contribution in [0.15, 0.2) is 30.6 Å². The molecule has 0 unspecified atom stereocenters. The van der Waals surface area contributed by atoms with Crippen LogP contribution in [0.25, 0.3) is 11.3 Å². The Morgan fingerprint density at radius 3 is 2.84 bits per heavy atom. The van der Waals surface area contributed by atoms with E-state index in [4.69, 9.17) is 9.47 Å². The highest BCUT2D eigenvalue weighted by molar-refractivity contribution is 5.60. The normalized spacial score (nSPS) is 10.3. The van der Waals surface area contributed by atoms with Gasteiger partial charge < -0.3 is 9.47 Å². The zero-order valence-electron chi connectivity index (χ0n) is 10.9. The van der Waals surface area contributed by atoms with E-state index >= 15 is 0 Å². The molecule has 2 aromatic rings. The summed E-state index contributed by atoms with van der Waals surface area (Å²) in [6.07, 6.45) is 4.02. The predicted molar refractivity (Wildman–Crippen MR) is 69.8 cm³/mol. The molecule has 4 nitrogen and oxygen atoms in total. The molecule has 0 aliphatic carbocycles. The summed E-state index contributed by atoms with van der Waals surface area (Å²) < 4.78 is 24.5.